The van der Waals surface area contributed by atoms with Gasteiger partial charge in [0.2, 0.25) is 5.91 Å². The van der Waals surface area contributed by atoms with Crippen molar-refractivity contribution in [3.8, 4) is 11.3 Å². The number of rotatable bonds is 4. The minimum Gasteiger partial charge on any atom is -0.479 e. The summed E-state index contributed by atoms with van der Waals surface area (Å²) in [7, 11) is 1.79. The number of amides is 1. The summed E-state index contributed by atoms with van der Waals surface area (Å²) < 4.78 is 1.79. The zero-order valence-electron chi connectivity index (χ0n) is 12.3. The third-order valence-corrected chi connectivity index (χ3v) is 3.40. The first-order valence-electron chi connectivity index (χ1n) is 6.62. The molecule has 1 amide bonds. The topological polar surface area (TPSA) is 71.3 Å². The molecule has 0 aliphatic carbocycles. The van der Waals surface area contributed by atoms with E-state index in [0.29, 0.717) is 5.69 Å². The van der Waals surface area contributed by atoms with Crippen LogP contribution in [0.2, 0.25) is 0 Å². The molecule has 21 heavy (non-hydrogen) atoms. The maximum atomic E-state index is 11.4. The van der Waals surface area contributed by atoms with E-state index in [1.54, 1.807) is 17.7 Å². The zero-order valence-corrected chi connectivity index (χ0v) is 12.3. The van der Waals surface area contributed by atoms with Crippen molar-refractivity contribution in [2.75, 3.05) is 0 Å². The van der Waals surface area contributed by atoms with E-state index in [-0.39, 0.29) is 5.91 Å². The zero-order chi connectivity index (χ0) is 15.6. The summed E-state index contributed by atoms with van der Waals surface area (Å²) >= 11 is 0. The van der Waals surface area contributed by atoms with Gasteiger partial charge in [0.05, 0.1) is 5.69 Å². The highest BCUT2D eigenvalue weighted by Crippen LogP contribution is 2.25. The van der Waals surface area contributed by atoms with Crippen molar-refractivity contribution >= 4 is 11.9 Å². The van der Waals surface area contributed by atoms with Gasteiger partial charge in [-0.3, -0.25) is 4.79 Å². The molecule has 0 aliphatic heterocycles. The molecule has 0 saturated carbocycles. The molecule has 0 spiro atoms. The average Bonchev–Trinajstić information content (AvgIpc) is 2.78. The first-order valence-corrected chi connectivity index (χ1v) is 6.62. The van der Waals surface area contributed by atoms with Crippen LogP contribution in [0.3, 0.4) is 0 Å². The molecule has 0 fully saturated rings. The van der Waals surface area contributed by atoms with E-state index in [1.807, 2.05) is 37.3 Å². The van der Waals surface area contributed by atoms with Crippen LogP contribution in [0.25, 0.3) is 11.3 Å². The standard InChI is InChI=1S/C16H18N2O3/c1-10-4-6-12(7-5-10)13-8-9-14(18(13)3)15(16(20)21)17-11(2)19/h4-9,15H,1-3H3,(H,17,19)(H,20,21). The van der Waals surface area contributed by atoms with Gasteiger partial charge in [0.25, 0.3) is 0 Å². The summed E-state index contributed by atoms with van der Waals surface area (Å²) in [5.41, 5.74) is 3.60. The quantitative estimate of drug-likeness (QED) is 0.905. The van der Waals surface area contributed by atoms with Crippen molar-refractivity contribution in [1.29, 1.82) is 0 Å². The van der Waals surface area contributed by atoms with Crippen molar-refractivity contribution in [2.24, 2.45) is 7.05 Å². The summed E-state index contributed by atoms with van der Waals surface area (Å²) in [6.45, 7) is 3.32. The normalized spacial score (nSPS) is 12.0. The Kier molecular flexibility index (Phi) is 4.12. The summed E-state index contributed by atoms with van der Waals surface area (Å²) in [6.07, 6.45) is 0. The smallest absolute Gasteiger partial charge is 0.332 e. The Morgan fingerprint density at radius 1 is 1.14 bits per heavy atom. The lowest BCUT2D eigenvalue weighted by atomic mass is 10.1. The van der Waals surface area contributed by atoms with Crippen molar-refractivity contribution in [3.63, 3.8) is 0 Å². The number of hydrogen-bond donors (Lipinski definition) is 2. The Hall–Kier alpha value is -2.56. The third-order valence-electron chi connectivity index (χ3n) is 3.40. The molecular formula is C16H18N2O3. The number of carbonyl (C=O) groups excluding carboxylic acids is 1. The monoisotopic (exact) mass is 286 g/mol. The van der Waals surface area contributed by atoms with Gasteiger partial charge >= 0.3 is 5.97 Å². The van der Waals surface area contributed by atoms with Gasteiger partial charge in [-0.1, -0.05) is 29.8 Å². The molecule has 0 saturated heterocycles. The first kappa shape index (κ1) is 14.8. The van der Waals surface area contributed by atoms with Crippen LogP contribution in [0.4, 0.5) is 0 Å². The lowest BCUT2D eigenvalue weighted by Crippen LogP contribution is -2.33. The molecule has 5 heteroatoms. The van der Waals surface area contributed by atoms with Crippen molar-refractivity contribution < 1.29 is 14.7 Å². The second-order valence-electron chi connectivity index (χ2n) is 5.04. The lowest BCUT2D eigenvalue weighted by Gasteiger charge is -2.15. The maximum absolute atomic E-state index is 11.4. The number of carboxylic acids is 1. The van der Waals surface area contributed by atoms with Crippen LogP contribution in [0.15, 0.2) is 36.4 Å². The molecule has 1 unspecified atom stereocenters. The van der Waals surface area contributed by atoms with E-state index in [0.717, 1.165) is 16.8 Å². The largest absolute Gasteiger partial charge is 0.479 e. The van der Waals surface area contributed by atoms with E-state index in [1.165, 1.54) is 6.92 Å². The summed E-state index contributed by atoms with van der Waals surface area (Å²) in [4.78, 5) is 22.5. The molecule has 2 rings (SSSR count). The Balaban J connectivity index is 2.41. The van der Waals surface area contributed by atoms with Gasteiger partial charge in [-0.05, 0) is 24.6 Å². The van der Waals surface area contributed by atoms with Crippen LogP contribution >= 0.6 is 0 Å². The van der Waals surface area contributed by atoms with Gasteiger partial charge in [0, 0.05) is 19.7 Å². The highest BCUT2D eigenvalue weighted by atomic mass is 16.4. The number of carboxylic acid groups (broad SMARTS) is 1. The fourth-order valence-corrected chi connectivity index (χ4v) is 2.30. The van der Waals surface area contributed by atoms with Gasteiger partial charge < -0.3 is 15.0 Å². The number of aromatic nitrogens is 1. The lowest BCUT2D eigenvalue weighted by molar-refractivity contribution is -0.141. The molecule has 2 N–H and O–H groups in total. The minimum atomic E-state index is -1.08. The summed E-state index contributed by atoms with van der Waals surface area (Å²) in [5.74, 6) is -1.46. The Labute approximate surface area is 123 Å². The molecule has 1 aromatic heterocycles. The SMILES string of the molecule is CC(=O)NC(C(=O)O)c1ccc(-c2ccc(C)cc2)n1C. The third kappa shape index (κ3) is 3.13. The molecule has 0 bridgehead atoms. The Morgan fingerprint density at radius 3 is 2.29 bits per heavy atom. The number of nitrogens with one attached hydrogen (secondary N) is 1. The number of hydrogen-bond acceptors (Lipinski definition) is 2. The summed E-state index contributed by atoms with van der Waals surface area (Å²) in [5, 5.41) is 11.7. The Bertz CT molecular complexity index is 671. The summed E-state index contributed by atoms with van der Waals surface area (Å²) in [6, 6.07) is 10.5. The van der Waals surface area contributed by atoms with Crippen LogP contribution < -0.4 is 5.32 Å². The second-order valence-corrected chi connectivity index (χ2v) is 5.04. The molecule has 0 radical (unpaired) electrons. The van der Waals surface area contributed by atoms with Crippen LogP contribution in [0.5, 0.6) is 0 Å². The molecule has 5 nitrogen and oxygen atoms in total. The fourth-order valence-electron chi connectivity index (χ4n) is 2.30. The van der Waals surface area contributed by atoms with Gasteiger partial charge in [0.1, 0.15) is 0 Å². The van der Waals surface area contributed by atoms with E-state index in [9.17, 15) is 14.7 Å². The highest BCUT2D eigenvalue weighted by Gasteiger charge is 2.24. The van der Waals surface area contributed by atoms with E-state index >= 15 is 0 Å². The van der Waals surface area contributed by atoms with Gasteiger partial charge in [-0.2, -0.15) is 0 Å². The van der Waals surface area contributed by atoms with Gasteiger partial charge in [-0.15, -0.1) is 0 Å². The molecule has 1 atom stereocenters. The molecule has 1 heterocycles. The average molecular weight is 286 g/mol. The fraction of sp³-hybridized carbons (Fsp3) is 0.250. The molecule has 110 valence electrons. The molecule has 0 aliphatic rings. The predicted molar refractivity (Wildman–Crippen MR) is 79.8 cm³/mol. The maximum Gasteiger partial charge on any atom is 0.332 e. The molecule has 1 aromatic carbocycles. The van der Waals surface area contributed by atoms with E-state index in [4.69, 9.17) is 0 Å². The van der Waals surface area contributed by atoms with Crippen LogP contribution in [0, 0.1) is 6.92 Å². The number of nitrogens with zero attached hydrogens (tertiary/aromatic N) is 1. The molecule has 2 aromatic rings. The van der Waals surface area contributed by atoms with Crippen LogP contribution in [-0.2, 0) is 16.6 Å². The first-order chi connectivity index (χ1) is 9.90. The van der Waals surface area contributed by atoms with Crippen molar-refractivity contribution in [3.05, 3.63) is 47.7 Å². The van der Waals surface area contributed by atoms with Crippen LogP contribution in [-0.4, -0.2) is 21.6 Å². The number of aliphatic carboxylic acids is 1. The number of benzene rings is 1. The minimum absolute atomic E-state index is 0.375. The van der Waals surface area contributed by atoms with Crippen LogP contribution in [0.1, 0.15) is 24.2 Å². The second kappa shape index (κ2) is 5.83. The van der Waals surface area contributed by atoms with Gasteiger partial charge in [0.15, 0.2) is 6.04 Å². The van der Waals surface area contributed by atoms with Gasteiger partial charge in [-0.25, -0.2) is 4.79 Å². The number of aryl methyl sites for hydroxylation is 1. The highest BCUT2D eigenvalue weighted by molar-refractivity contribution is 5.83. The predicted octanol–water partition coefficient (Wildman–Crippen LogP) is 2.26. The van der Waals surface area contributed by atoms with Crippen molar-refractivity contribution in [1.82, 2.24) is 9.88 Å². The van der Waals surface area contributed by atoms with E-state index < -0.39 is 12.0 Å². The van der Waals surface area contributed by atoms with Crippen molar-refractivity contribution in [2.45, 2.75) is 19.9 Å². The number of carbonyl (C=O) groups is 2. The molecular weight excluding hydrogens is 268 g/mol. The Morgan fingerprint density at radius 2 is 1.76 bits per heavy atom. The van der Waals surface area contributed by atoms with E-state index in [2.05, 4.69) is 5.32 Å².